The van der Waals surface area contributed by atoms with Crippen molar-refractivity contribution in [1.82, 2.24) is 14.8 Å². The molecular weight excluding hydrogens is 504 g/mol. The maximum atomic E-state index is 12.8. The molecule has 2 aromatic carbocycles. The van der Waals surface area contributed by atoms with E-state index in [1.54, 1.807) is 16.7 Å². The molecule has 7 nitrogen and oxygen atoms in total. The number of benzene rings is 2. The zero-order valence-electron chi connectivity index (χ0n) is 20.8. The minimum atomic E-state index is -2.91. The molecule has 0 aliphatic carbocycles. The number of likely N-dealkylation sites (tertiary alicyclic amines) is 1. The van der Waals surface area contributed by atoms with Gasteiger partial charge in [-0.25, -0.2) is 0 Å². The molecule has 0 radical (unpaired) electrons. The van der Waals surface area contributed by atoms with Crippen molar-refractivity contribution in [2.45, 2.75) is 45.5 Å². The van der Waals surface area contributed by atoms with E-state index >= 15 is 0 Å². The van der Waals surface area contributed by atoms with Gasteiger partial charge >= 0.3 is 6.61 Å². The average Bonchev–Trinajstić information content (AvgIpc) is 2.87. The molecule has 1 N–H and O–H groups in total. The number of nitrogens with one attached hydrogen (secondary N) is 1. The maximum absolute atomic E-state index is 12.8. The lowest BCUT2D eigenvalue weighted by Gasteiger charge is -2.32. The Morgan fingerprint density at radius 2 is 1.78 bits per heavy atom. The molecule has 0 amide bonds. The highest BCUT2D eigenvalue weighted by molar-refractivity contribution is 5.85. The Labute approximate surface area is 220 Å². The van der Waals surface area contributed by atoms with E-state index in [1.807, 2.05) is 19.1 Å². The number of fused-ring (bicyclic) bond motifs is 2. The monoisotopic (exact) mass is 535 g/mol. The first-order valence-electron chi connectivity index (χ1n) is 12.4. The van der Waals surface area contributed by atoms with Gasteiger partial charge in [-0.3, -0.25) is 4.79 Å². The number of rotatable bonds is 8. The predicted octanol–water partition coefficient (Wildman–Crippen LogP) is 4.36. The van der Waals surface area contributed by atoms with E-state index in [9.17, 15) is 13.6 Å². The first-order valence-corrected chi connectivity index (χ1v) is 12.4. The van der Waals surface area contributed by atoms with Gasteiger partial charge in [-0.2, -0.15) is 8.78 Å². The number of aryl methyl sites for hydroxylation is 1. The van der Waals surface area contributed by atoms with Crippen LogP contribution in [0.3, 0.4) is 0 Å². The fourth-order valence-electron chi connectivity index (χ4n) is 5.00. The van der Waals surface area contributed by atoms with Crippen LogP contribution in [0.15, 0.2) is 47.3 Å². The van der Waals surface area contributed by atoms with Gasteiger partial charge in [-0.05, 0) is 68.2 Å². The highest BCUT2D eigenvalue weighted by Gasteiger charge is 2.20. The molecule has 200 valence electrons. The fraction of sp³-hybridized carbons (Fsp3) is 0.444. The van der Waals surface area contributed by atoms with E-state index in [4.69, 9.17) is 9.47 Å². The Balaban J connectivity index is 0.00000320. The van der Waals surface area contributed by atoms with Crippen LogP contribution in [0.1, 0.15) is 24.0 Å². The van der Waals surface area contributed by atoms with Crippen LogP contribution in [0.5, 0.6) is 17.2 Å². The summed E-state index contributed by atoms with van der Waals surface area (Å²) >= 11 is 0. The molecule has 2 aliphatic heterocycles. The van der Waals surface area contributed by atoms with Gasteiger partial charge in [-0.1, -0.05) is 6.07 Å². The van der Waals surface area contributed by atoms with Gasteiger partial charge in [0.15, 0.2) is 11.5 Å². The van der Waals surface area contributed by atoms with Gasteiger partial charge in [0.25, 0.3) is 5.56 Å². The van der Waals surface area contributed by atoms with Crippen LogP contribution in [-0.2, 0) is 13.1 Å². The van der Waals surface area contributed by atoms with Crippen molar-refractivity contribution < 1.29 is 23.0 Å². The van der Waals surface area contributed by atoms with Gasteiger partial charge in [0.1, 0.15) is 19.0 Å². The molecule has 1 fully saturated rings. The maximum Gasteiger partial charge on any atom is 0.387 e. The summed E-state index contributed by atoms with van der Waals surface area (Å²) in [5.41, 5.74) is 2.47. The first-order chi connectivity index (χ1) is 17.5. The predicted molar refractivity (Wildman–Crippen MR) is 141 cm³/mol. The van der Waals surface area contributed by atoms with Gasteiger partial charge in [0.05, 0.1) is 5.52 Å². The number of halogens is 3. The van der Waals surface area contributed by atoms with Gasteiger partial charge in [0, 0.05) is 43.2 Å². The van der Waals surface area contributed by atoms with Gasteiger partial charge in [0.2, 0.25) is 0 Å². The lowest BCUT2D eigenvalue weighted by molar-refractivity contribution is -0.0497. The summed E-state index contributed by atoms with van der Waals surface area (Å²) in [5.74, 6) is 1.67. The van der Waals surface area contributed by atoms with Crippen LogP contribution in [0, 0.1) is 6.92 Å². The second kappa shape index (κ2) is 12.1. The Bertz CT molecular complexity index is 1280. The molecule has 0 atom stereocenters. The molecular formula is C27H32ClF2N3O4. The molecule has 0 bridgehead atoms. The number of aromatic nitrogens is 1. The minimum absolute atomic E-state index is 0. The third-order valence-corrected chi connectivity index (χ3v) is 6.94. The van der Waals surface area contributed by atoms with E-state index in [1.165, 1.54) is 17.7 Å². The second-order valence-corrected chi connectivity index (χ2v) is 9.35. The summed E-state index contributed by atoms with van der Waals surface area (Å²) in [4.78, 5) is 15.1. The number of pyridine rings is 1. The molecule has 37 heavy (non-hydrogen) atoms. The summed E-state index contributed by atoms with van der Waals surface area (Å²) in [5, 5.41) is 4.51. The minimum Gasteiger partial charge on any atom is -0.486 e. The zero-order valence-corrected chi connectivity index (χ0v) is 21.6. The molecule has 5 rings (SSSR count). The van der Waals surface area contributed by atoms with Crippen LogP contribution >= 0.6 is 12.4 Å². The molecule has 0 unspecified atom stereocenters. The molecule has 0 spiro atoms. The highest BCUT2D eigenvalue weighted by Crippen LogP contribution is 2.31. The van der Waals surface area contributed by atoms with Crippen molar-refractivity contribution in [3.63, 3.8) is 0 Å². The largest absolute Gasteiger partial charge is 0.486 e. The molecule has 0 saturated carbocycles. The number of nitrogens with zero attached hydrogens (tertiary/aromatic N) is 2. The molecule has 10 heteroatoms. The second-order valence-electron chi connectivity index (χ2n) is 9.35. The topological polar surface area (TPSA) is 65.0 Å². The van der Waals surface area contributed by atoms with Crippen LogP contribution in [0.2, 0.25) is 0 Å². The number of alkyl halides is 2. The third kappa shape index (κ3) is 6.52. The standard InChI is InChI=1S/C27H31F2N3O4.ClH/c1-18-14-26(33)32(23-16-21(36-27(28)29)3-4-22(18)23)11-10-31-8-6-20(7-9-31)30-17-19-2-5-24-25(15-19)35-13-12-34-24;/h2-5,14-16,20,27,30H,6-13,17H2,1H3;1H. The normalized spacial score (nSPS) is 16.1. The lowest BCUT2D eigenvalue weighted by atomic mass is 10.0. The lowest BCUT2D eigenvalue weighted by Crippen LogP contribution is -2.43. The molecule has 2 aliphatic rings. The average molecular weight is 536 g/mol. The Morgan fingerprint density at radius 1 is 1.03 bits per heavy atom. The zero-order chi connectivity index (χ0) is 25.1. The van der Waals surface area contributed by atoms with Crippen LogP contribution in [0.25, 0.3) is 10.9 Å². The number of piperidine rings is 1. The van der Waals surface area contributed by atoms with E-state index < -0.39 is 6.61 Å². The summed E-state index contributed by atoms with van der Waals surface area (Å²) in [6.45, 7) is 3.95. The fourth-order valence-corrected chi connectivity index (χ4v) is 5.00. The van der Waals surface area contributed by atoms with Crippen molar-refractivity contribution >= 4 is 23.3 Å². The van der Waals surface area contributed by atoms with Crippen molar-refractivity contribution in [3.05, 3.63) is 63.9 Å². The van der Waals surface area contributed by atoms with Crippen molar-refractivity contribution in [1.29, 1.82) is 0 Å². The molecule has 1 aromatic heterocycles. The van der Waals surface area contributed by atoms with E-state index in [2.05, 4.69) is 21.0 Å². The van der Waals surface area contributed by atoms with Gasteiger partial charge < -0.3 is 29.0 Å². The molecule has 1 saturated heterocycles. The Kier molecular flexibility index (Phi) is 8.89. The SMILES string of the molecule is Cc1cc(=O)n(CCN2CCC(NCc3ccc4c(c3)OCCO4)CC2)c2cc(OC(F)F)ccc12.Cl. The van der Waals surface area contributed by atoms with Crippen LogP contribution in [-0.4, -0.2) is 55.0 Å². The quantitative estimate of drug-likeness (QED) is 0.462. The summed E-state index contributed by atoms with van der Waals surface area (Å²) in [7, 11) is 0. The number of hydrogen-bond donors (Lipinski definition) is 1. The first kappa shape index (κ1) is 27.2. The Morgan fingerprint density at radius 3 is 2.54 bits per heavy atom. The number of hydrogen-bond acceptors (Lipinski definition) is 6. The van der Waals surface area contributed by atoms with Crippen molar-refractivity contribution in [2.24, 2.45) is 0 Å². The summed E-state index contributed by atoms with van der Waals surface area (Å²) in [6.07, 6.45) is 2.03. The van der Waals surface area contributed by atoms with E-state index in [-0.39, 0.29) is 23.7 Å². The number of ether oxygens (including phenoxy) is 3. The third-order valence-electron chi connectivity index (χ3n) is 6.94. The van der Waals surface area contributed by atoms with Crippen LogP contribution in [0.4, 0.5) is 8.78 Å². The van der Waals surface area contributed by atoms with Crippen molar-refractivity contribution in [2.75, 3.05) is 32.8 Å². The molecule has 3 heterocycles. The van der Waals surface area contributed by atoms with Gasteiger partial charge in [-0.15, -0.1) is 12.4 Å². The highest BCUT2D eigenvalue weighted by atomic mass is 35.5. The van der Waals surface area contributed by atoms with E-state index in [0.29, 0.717) is 37.9 Å². The van der Waals surface area contributed by atoms with Crippen molar-refractivity contribution in [3.8, 4) is 17.2 Å². The summed E-state index contributed by atoms with van der Waals surface area (Å²) < 4.78 is 42.9. The summed E-state index contributed by atoms with van der Waals surface area (Å²) in [6, 6.07) is 12.9. The molecule has 3 aromatic rings. The van der Waals surface area contributed by atoms with E-state index in [0.717, 1.165) is 54.9 Å². The Hall–Kier alpha value is -2.88. The van der Waals surface area contributed by atoms with Crippen LogP contribution < -0.4 is 25.1 Å². The smallest absolute Gasteiger partial charge is 0.387 e.